The number of amides is 1. The number of aliphatic hydroxyl groups is 2. The van der Waals surface area contributed by atoms with E-state index >= 15 is 0 Å². The van der Waals surface area contributed by atoms with Gasteiger partial charge in [-0.05, 0) is 18.1 Å². The van der Waals surface area contributed by atoms with Gasteiger partial charge in [-0.15, -0.1) is 0 Å². The highest BCUT2D eigenvalue weighted by Gasteiger charge is 2.49. The van der Waals surface area contributed by atoms with Gasteiger partial charge in [-0.1, -0.05) is 60.2 Å². The quantitative estimate of drug-likeness (QED) is 0.911. The number of carbonyl (C=O) groups excluding carboxylic acids is 1. The van der Waals surface area contributed by atoms with E-state index in [1.165, 1.54) is 4.90 Å². The zero-order valence-corrected chi connectivity index (χ0v) is 13.3. The van der Waals surface area contributed by atoms with Gasteiger partial charge in [0.1, 0.15) is 12.2 Å². The molecule has 1 aliphatic heterocycles. The molecule has 0 radical (unpaired) electrons. The molecule has 0 aliphatic carbocycles. The monoisotopic (exact) mass is 311 g/mol. The molecule has 4 atom stereocenters. The van der Waals surface area contributed by atoms with E-state index in [0.29, 0.717) is 0 Å². The van der Waals surface area contributed by atoms with Gasteiger partial charge in [0.15, 0.2) is 0 Å². The molecule has 1 heterocycles. The van der Waals surface area contributed by atoms with Gasteiger partial charge >= 0.3 is 0 Å². The minimum atomic E-state index is -1.13. The molecule has 4 heteroatoms. The number of aryl methyl sites for hydroxylation is 1. The topological polar surface area (TPSA) is 60.8 Å². The van der Waals surface area contributed by atoms with Crippen molar-refractivity contribution >= 4 is 5.91 Å². The first-order chi connectivity index (χ1) is 11.0. The summed E-state index contributed by atoms with van der Waals surface area (Å²) in [7, 11) is 1.64. The van der Waals surface area contributed by atoms with E-state index in [1.807, 2.05) is 61.5 Å². The van der Waals surface area contributed by atoms with Crippen molar-refractivity contribution in [3.63, 3.8) is 0 Å². The van der Waals surface area contributed by atoms with E-state index in [0.717, 1.165) is 16.7 Å². The van der Waals surface area contributed by atoms with Crippen molar-refractivity contribution in [3.05, 3.63) is 71.3 Å². The zero-order chi connectivity index (χ0) is 16.6. The van der Waals surface area contributed by atoms with Crippen LogP contribution in [-0.4, -0.2) is 40.2 Å². The Morgan fingerprint density at radius 3 is 2.26 bits per heavy atom. The summed E-state index contributed by atoms with van der Waals surface area (Å²) in [5.74, 6) is -0.807. The maximum atomic E-state index is 12.3. The van der Waals surface area contributed by atoms with Gasteiger partial charge in [0, 0.05) is 13.0 Å². The zero-order valence-electron chi connectivity index (χ0n) is 13.3. The van der Waals surface area contributed by atoms with Crippen molar-refractivity contribution < 1.29 is 15.0 Å². The predicted molar refractivity (Wildman–Crippen MR) is 87.9 cm³/mol. The van der Waals surface area contributed by atoms with E-state index < -0.39 is 24.2 Å². The second-order valence-corrected chi connectivity index (χ2v) is 6.18. The second-order valence-electron chi connectivity index (χ2n) is 6.18. The molecule has 0 saturated carbocycles. The Kier molecular flexibility index (Phi) is 4.20. The standard InChI is InChI=1S/C19H21NO3/c1-12-8-10-13(11-9-12)15-16(20(2)19(23)18(15)22)17(21)14-6-4-3-5-7-14/h3-11,15-18,21-22H,1-2H3/t15-,16+,17-,18+/m0/s1. The number of rotatable bonds is 3. The molecule has 3 rings (SSSR count). The molecule has 0 bridgehead atoms. The highest BCUT2D eigenvalue weighted by molar-refractivity contribution is 5.85. The van der Waals surface area contributed by atoms with E-state index in [4.69, 9.17) is 0 Å². The molecule has 0 unspecified atom stereocenters. The van der Waals surface area contributed by atoms with Crippen molar-refractivity contribution in [2.24, 2.45) is 0 Å². The molecule has 0 aromatic heterocycles. The van der Waals surface area contributed by atoms with Crippen LogP contribution in [0.2, 0.25) is 0 Å². The number of hydrogen-bond donors (Lipinski definition) is 2. The maximum Gasteiger partial charge on any atom is 0.252 e. The Morgan fingerprint density at radius 2 is 1.65 bits per heavy atom. The van der Waals surface area contributed by atoms with E-state index in [2.05, 4.69) is 0 Å². The Hall–Kier alpha value is -2.17. The van der Waals surface area contributed by atoms with Crippen LogP contribution in [-0.2, 0) is 4.79 Å². The van der Waals surface area contributed by atoms with Crippen LogP contribution in [0.3, 0.4) is 0 Å². The van der Waals surface area contributed by atoms with Gasteiger partial charge in [0.05, 0.1) is 6.04 Å². The molecule has 2 aromatic carbocycles. The molecule has 1 fully saturated rings. The fourth-order valence-electron chi connectivity index (χ4n) is 3.36. The number of carbonyl (C=O) groups is 1. The average Bonchev–Trinajstić information content (AvgIpc) is 2.80. The van der Waals surface area contributed by atoms with E-state index in [9.17, 15) is 15.0 Å². The Morgan fingerprint density at radius 1 is 1.04 bits per heavy atom. The van der Waals surface area contributed by atoms with Crippen LogP contribution in [0.25, 0.3) is 0 Å². The molecule has 2 N–H and O–H groups in total. The summed E-state index contributed by atoms with van der Waals surface area (Å²) in [6.45, 7) is 1.99. The van der Waals surface area contributed by atoms with Crippen LogP contribution in [0.15, 0.2) is 54.6 Å². The lowest BCUT2D eigenvalue weighted by Crippen LogP contribution is -2.36. The fourth-order valence-corrected chi connectivity index (χ4v) is 3.36. The smallest absolute Gasteiger partial charge is 0.252 e. The van der Waals surface area contributed by atoms with Crippen LogP contribution >= 0.6 is 0 Å². The van der Waals surface area contributed by atoms with E-state index in [-0.39, 0.29) is 5.91 Å². The third-order valence-electron chi connectivity index (χ3n) is 4.68. The Labute approximate surface area is 136 Å². The van der Waals surface area contributed by atoms with Crippen molar-refractivity contribution in [1.82, 2.24) is 4.90 Å². The lowest BCUT2D eigenvalue weighted by molar-refractivity contribution is -0.135. The molecule has 1 aliphatic rings. The number of likely N-dealkylation sites (tertiary alicyclic amines) is 1. The molecule has 120 valence electrons. The Bertz CT molecular complexity index is 684. The molecule has 1 saturated heterocycles. The average molecular weight is 311 g/mol. The third-order valence-corrected chi connectivity index (χ3v) is 4.68. The van der Waals surface area contributed by atoms with Crippen molar-refractivity contribution in [1.29, 1.82) is 0 Å². The molecule has 4 nitrogen and oxygen atoms in total. The number of aliphatic hydroxyl groups excluding tert-OH is 2. The first-order valence-corrected chi connectivity index (χ1v) is 7.75. The fraction of sp³-hybridized carbons (Fsp3) is 0.316. The molecular weight excluding hydrogens is 290 g/mol. The maximum absolute atomic E-state index is 12.3. The molecule has 2 aromatic rings. The van der Waals surface area contributed by atoms with Crippen LogP contribution in [0.5, 0.6) is 0 Å². The number of hydrogen-bond acceptors (Lipinski definition) is 3. The first-order valence-electron chi connectivity index (χ1n) is 7.75. The first kappa shape index (κ1) is 15.7. The summed E-state index contributed by atoms with van der Waals surface area (Å²) < 4.78 is 0. The predicted octanol–water partition coefficient (Wildman–Crippen LogP) is 2.01. The lowest BCUT2D eigenvalue weighted by Gasteiger charge is -2.30. The largest absolute Gasteiger partial charge is 0.386 e. The highest BCUT2D eigenvalue weighted by atomic mass is 16.3. The van der Waals surface area contributed by atoms with Gasteiger partial charge < -0.3 is 15.1 Å². The van der Waals surface area contributed by atoms with Gasteiger partial charge in [-0.3, -0.25) is 4.79 Å². The van der Waals surface area contributed by atoms with Crippen LogP contribution < -0.4 is 0 Å². The van der Waals surface area contributed by atoms with Crippen molar-refractivity contribution in [2.75, 3.05) is 7.05 Å². The number of nitrogens with zero attached hydrogens (tertiary/aromatic N) is 1. The summed E-state index contributed by atoms with van der Waals surface area (Å²) in [5, 5.41) is 21.2. The third kappa shape index (κ3) is 2.76. The van der Waals surface area contributed by atoms with Gasteiger partial charge in [0.25, 0.3) is 5.91 Å². The summed E-state index contributed by atoms with van der Waals surface area (Å²) in [4.78, 5) is 13.7. The second kappa shape index (κ2) is 6.14. The van der Waals surface area contributed by atoms with Crippen LogP contribution in [0.4, 0.5) is 0 Å². The van der Waals surface area contributed by atoms with E-state index in [1.54, 1.807) is 7.05 Å². The highest BCUT2D eigenvalue weighted by Crippen LogP contribution is 2.40. The summed E-state index contributed by atoms with van der Waals surface area (Å²) in [6, 6.07) is 16.5. The number of benzene rings is 2. The van der Waals surface area contributed by atoms with Gasteiger partial charge in [-0.2, -0.15) is 0 Å². The SMILES string of the molecule is Cc1ccc([C@H]2[C@H]([C@@H](O)c3ccccc3)N(C)C(=O)[C@@H]2O)cc1. The van der Waals surface area contributed by atoms with Crippen molar-refractivity contribution in [3.8, 4) is 0 Å². The molecular formula is C19H21NO3. The number of likely N-dealkylation sites (N-methyl/N-ethyl adjacent to an activating group) is 1. The minimum Gasteiger partial charge on any atom is -0.386 e. The molecule has 1 amide bonds. The minimum absolute atomic E-state index is 0.351. The van der Waals surface area contributed by atoms with Crippen molar-refractivity contribution in [2.45, 2.75) is 31.1 Å². The van der Waals surface area contributed by atoms with Gasteiger partial charge in [-0.25, -0.2) is 0 Å². The summed E-state index contributed by atoms with van der Waals surface area (Å²) in [5.41, 5.74) is 2.71. The summed E-state index contributed by atoms with van der Waals surface area (Å²) in [6.07, 6.45) is -1.99. The lowest BCUT2D eigenvalue weighted by atomic mass is 9.84. The Balaban J connectivity index is 2.01. The molecule has 23 heavy (non-hydrogen) atoms. The van der Waals surface area contributed by atoms with Crippen LogP contribution in [0.1, 0.15) is 28.7 Å². The van der Waals surface area contributed by atoms with Gasteiger partial charge in [0.2, 0.25) is 0 Å². The normalized spacial score (nSPS) is 25.7. The molecule has 0 spiro atoms. The van der Waals surface area contributed by atoms with Crippen LogP contribution in [0, 0.1) is 6.92 Å². The summed E-state index contributed by atoms with van der Waals surface area (Å²) >= 11 is 0.